The van der Waals surface area contributed by atoms with E-state index in [0.717, 1.165) is 55.1 Å². The van der Waals surface area contributed by atoms with Gasteiger partial charge in [-0.3, -0.25) is 4.57 Å². The van der Waals surface area contributed by atoms with E-state index in [1.54, 1.807) is 6.20 Å². The summed E-state index contributed by atoms with van der Waals surface area (Å²) in [6.07, 6.45) is 13.4. The van der Waals surface area contributed by atoms with Crippen molar-refractivity contribution in [1.29, 1.82) is 0 Å². The van der Waals surface area contributed by atoms with Crippen LogP contribution in [0.1, 0.15) is 30.8 Å². The largest absolute Gasteiger partial charge is 0.427 e. The Morgan fingerprint density at radius 1 is 1.00 bits per heavy atom. The van der Waals surface area contributed by atoms with Gasteiger partial charge >= 0.3 is 6.01 Å². The third-order valence-corrected chi connectivity index (χ3v) is 4.97. The lowest BCUT2D eigenvalue weighted by Gasteiger charge is -2.03. The first-order valence-corrected chi connectivity index (χ1v) is 9.80. The Hall–Kier alpha value is -2.32. The molecule has 0 aliphatic rings. The van der Waals surface area contributed by atoms with Gasteiger partial charge in [-0.05, 0) is 31.9 Å². The maximum Gasteiger partial charge on any atom is 0.307 e. The molecule has 0 atom stereocenters. The molecule has 0 unspecified atom stereocenters. The Bertz CT molecular complexity index is 1030. The summed E-state index contributed by atoms with van der Waals surface area (Å²) in [5.74, 6) is 1.74. The zero-order valence-electron chi connectivity index (χ0n) is 17.1. The second-order valence-electron chi connectivity index (χ2n) is 6.73. The van der Waals surface area contributed by atoms with E-state index in [2.05, 4.69) is 14.5 Å². The number of benzene rings is 1. The molecule has 3 heterocycles. The minimum absolute atomic E-state index is 0. The molecule has 0 fully saturated rings. The standard InChI is InChI=1S/C21H22ClN5O.2ClH.H2O/c1-16-24-11-14-27(16)21-25-20(17-6-8-18(22)9-7-17)19(28-21)5-3-2-4-12-26-13-10-23-15-26;;;/h6-11,13-15H,2-5,12H2,1H3;2*1H;1H2. The molecule has 7 nitrogen and oxygen atoms in total. The Labute approximate surface area is 198 Å². The molecule has 2 N–H and O–H groups in total. The van der Waals surface area contributed by atoms with Gasteiger partial charge in [0.15, 0.2) is 0 Å². The van der Waals surface area contributed by atoms with Crippen LogP contribution in [-0.4, -0.2) is 29.6 Å². The molecule has 0 saturated heterocycles. The second-order valence-corrected chi connectivity index (χ2v) is 7.17. The number of unbranched alkanes of at least 4 members (excludes halogenated alkanes) is 2. The number of aromatic nitrogens is 5. The Kier molecular flexibility index (Phi) is 10.8. The van der Waals surface area contributed by atoms with Gasteiger partial charge in [0.25, 0.3) is 0 Å². The Morgan fingerprint density at radius 3 is 2.42 bits per heavy atom. The predicted octanol–water partition coefficient (Wildman–Crippen LogP) is 5.12. The lowest BCUT2D eigenvalue weighted by Crippen LogP contribution is -1.95. The van der Waals surface area contributed by atoms with Crippen LogP contribution in [0.3, 0.4) is 0 Å². The summed E-state index contributed by atoms with van der Waals surface area (Å²) in [6.45, 7) is 2.92. The van der Waals surface area contributed by atoms with Crippen molar-refractivity contribution in [1.82, 2.24) is 24.1 Å². The van der Waals surface area contributed by atoms with Crippen molar-refractivity contribution < 1.29 is 9.89 Å². The molecular formula is C21H26Cl3N5O2. The van der Waals surface area contributed by atoms with Crippen molar-refractivity contribution >= 4 is 36.4 Å². The van der Waals surface area contributed by atoms with Crippen molar-refractivity contribution in [2.45, 2.75) is 39.2 Å². The lowest BCUT2D eigenvalue weighted by molar-refractivity contribution is 0.467. The first-order valence-electron chi connectivity index (χ1n) is 9.42. The fraction of sp³-hybridized carbons (Fsp3) is 0.286. The van der Waals surface area contributed by atoms with Crippen LogP contribution in [0.15, 0.2) is 59.8 Å². The van der Waals surface area contributed by atoms with Crippen LogP contribution in [0.4, 0.5) is 0 Å². The summed E-state index contributed by atoms with van der Waals surface area (Å²) < 4.78 is 10.1. The molecule has 4 aromatic rings. The molecule has 0 spiro atoms. The molecule has 1 aromatic carbocycles. The maximum atomic E-state index is 6.14. The van der Waals surface area contributed by atoms with E-state index in [-0.39, 0.29) is 30.3 Å². The average molecular weight is 487 g/mol. The highest BCUT2D eigenvalue weighted by Gasteiger charge is 2.17. The number of hydrogen-bond acceptors (Lipinski definition) is 4. The summed E-state index contributed by atoms with van der Waals surface area (Å²) in [5.41, 5.74) is 1.87. The van der Waals surface area contributed by atoms with Gasteiger partial charge in [-0.25, -0.2) is 9.97 Å². The van der Waals surface area contributed by atoms with Crippen LogP contribution in [0.2, 0.25) is 5.02 Å². The molecule has 0 aliphatic heterocycles. The smallest absolute Gasteiger partial charge is 0.307 e. The van der Waals surface area contributed by atoms with E-state index in [1.165, 1.54) is 0 Å². The Morgan fingerprint density at radius 2 is 1.77 bits per heavy atom. The summed E-state index contributed by atoms with van der Waals surface area (Å²) in [7, 11) is 0. The summed E-state index contributed by atoms with van der Waals surface area (Å²) in [4.78, 5) is 13.1. The Balaban J connectivity index is 0.00000160. The molecule has 0 saturated carbocycles. The fourth-order valence-electron chi connectivity index (χ4n) is 3.20. The van der Waals surface area contributed by atoms with Crippen molar-refractivity contribution in [2.24, 2.45) is 0 Å². The summed E-state index contributed by atoms with van der Waals surface area (Å²) in [5, 5.41) is 0.707. The van der Waals surface area contributed by atoms with Gasteiger partial charge in [-0.1, -0.05) is 30.2 Å². The van der Waals surface area contributed by atoms with Crippen molar-refractivity contribution in [3.63, 3.8) is 0 Å². The quantitative estimate of drug-likeness (QED) is 0.323. The normalized spacial score (nSPS) is 10.1. The van der Waals surface area contributed by atoms with E-state index in [0.29, 0.717) is 11.0 Å². The zero-order chi connectivity index (χ0) is 19.3. The first-order chi connectivity index (χ1) is 13.7. The number of hydrogen-bond donors (Lipinski definition) is 0. The van der Waals surface area contributed by atoms with E-state index in [9.17, 15) is 0 Å². The van der Waals surface area contributed by atoms with Crippen LogP contribution in [0.5, 0.6) is 0 Å². The summed E-state index contributed by atoms with van der Waals surface area (Å²) in [6, 6.07) is 8.26. The van der Waals surface area contributed by atoms with E-state index in [4.69, 9.17) is 21.0 Å². The van der Waals surface area contributed by atoms with Crippen molar-refractivity contribution in [3.05, 3.63) is 72.0 Å². The third kappa shape index (κ3) is 6.58. The lowest BCUT2D eigenvalue weighted by atomic mass is 10.1. The van der Waals surface area contributed by atoms with Gasteiger partial charge in [0, 0.05) is 48.3 Å². The van der Waals surface area contributed by atoms with Crippen LogP contribution in [0.25, 0.3) is 17.3 Å². The average Bonchev–Trinajstić information content (AvgIpc) is 3.43. The number of rotatable bonds is 8. The third-order valence-electron chi connectivity index (χ3n) is 4.71. The van der Waals surface area contributed by atoms with Gasteiger partial charge in [0.05, 0.1) is 6.33 Å². The van der Waals surface area contributed by atoms with Gasteiger partial charge in [0.2, 0.25) is 0 Å². The van der Waals surface area contributed by atoms with Gasteiger partial charge in [0.1, 0.15) is 17.3 Å². The molecule has 168 valence electrons. The maximum absolute atomic E-state index is 6.14. The molecule has 3 aromatic heterocycles. The number of oxazole rings is 1. The minimum atomic E-state index is 0. The molecule has 0 aliphatic carbocycles. The topological polar surface area (TPSA) is 93.2 Å². The van der Waals surface area contributed by atoms with Gasteiger partial charge in [-0.2, -0.15) is 4.98 Å². The van der Waals surface area contributed by atoms with Crippen LogP contribution in [-0.2, 0) is 13.0 Å². The fourth-order valence-corrected chi connectivity index (χ4v) is 3.33. The SMILES string of the molecule is Cc1nccn1-c1nc(-c2ccc(Cl)cc2)c(CCCCCn2ccnc2)o1.Cl.Cl.O. The first kappa shape index (κ1) is 26.7. The molecule has 0 amide bonds. The molecule has 0 radical (unpaired) electrons. The predicted molar refractivity (Wildman–Crippen MR) is 127 cm³/mol. The monoisotopic (exact) mass is 485 g/mol. The second kappa shape index (κ2) is 12.5. The number of halogens is 3. The van der Waals surface area contributed by atoms with E-state index >= 15 is 0 Å². The molecule has 31 heavy (non-hydrogen) atoms. The number of aryl methyl sites for hydroxylation is 3. The van der Waals surface area contributed by atoms with Crippen LogP contribution >= 0.6 is 36.4 Å². The zero-order valence-corrected chi connectivity index (χ0v) is 19.5. The molecular weight excluding hydrogens is 461 g/mol. The highest BCUT2D eigenvalue weighted by molar-refractivity contribution is 6.30. The van der Waals surface area contributed by atoms with Crippen molar-refractivity contribution in [2.75, 3.05) is 0 Å². The van der Waals surface area contributed by atoms with E-state index < -0.39 is 0 Å². The highest BCUT2D eigenvalue weighted by atomic mass is 35.5. The molecule has 0 bridgehead atoms. The van der Waals surface area contributed by atoms with E-state index in [1.807, 2.05) is 60.7 Å². The molecule has 4 rings (SSSR count). The summed E-state index contributed by atoms with van der Waals surface area (Å²) >= 11 is 6.04. The number of nitrogens with zero attached hydrogens (tertiary/aromatic N) is 5. The van der Waals surface area contributed by atoms with Crippen molar-refractivity contribution in [3.8, 4) is 17.3 Å². The van der Waals surface area contributed by atoms with Gasteiger partial charge in [-0.15, -0.1) is 24.8 Å². The van der Waals surface area contributed by atoms with Crippen LogP contribution < -0.4 is 0 Å². The number of imidazole rings is 2. The molecule has 10 heteroatoms. The van der Waals surface area contributed by atoms with Crippen LogP contribution in [0, 0.1) is 6.92 Å². The minimum Gasteiger partial charge on any atom is -0.427 e. The van der Waals surface area contributed by atoms with Gasteiger partial charge < -0.3 is 14.5 Å². The highest BCUT2D eigenvalue weighted by Crippen LogP contribution is 2.28.